The van der Waals surface area contributed by atoms with Gasteiger partial charge in [0, 0.05) is 19.6 Å². The number of carbonyl (C=O) groups excluding carboxylic acids is 1. The number of carbonyl (C=O) groups is 2. The third kappa shape index (κ3) is 5.19. The summed E-state index contributed by atoms with van der Waals surface area (Å²) in [6.45, 7) is -0.103. The molecule has 1 rings (SSSR count). The van der Waals surface area contributed by atoms with Gasteiger partial charge in [0.25, 0.3) is 0 Å². The number of ether oxygens (including phenoxy) is 1. The molecule has 0 fully saturated rings. The summed E-state index contributed by atoms with van der Waals surface area (Å²) in [7, 11) is 1.35. The van der Waals surface area contributed by atoms with Gasteiger partial charge in [0.1, 0.15) is 24.4 Å². The molecule has 8 heteroatoms. The Morgan fingerprint density at radius 2 is 1.90 bits per heavy atom. The first-order valence-electron chi connectivity index (χ1n) is 5.63. The van der Waals surface area contributed by atoms with Crippen LogP contribution >= 0.6 is 0 Å². The topological polar surface area (TPSA) is 87.7 Å². The normalized spacial score (nSPS) is 11.8. The van der Waals surface area contributed by atoms with E-state index in [4.69, 9.17) is 5.11 Å². The number of amides is 2. The van der Waals surface area contributed by atoms with E-state index in [1.165, 1.54) is 7.11 Å². The number of halogens is 2. The lowest BCUT2D eigenvalue weighted by Gasteiger charge is -2.16. The van der Waals surface area contributed by atoms with Crippen LogP contribution in [-0.2, 0) is 16.0 Å². The molecular formula is C12H14F2N2O4. The van der Waals surface area contributed by atoms with Gasteiger partial charge in [-0.25, -0.2) is 13.6 Å². The largest absolute Gasteiger partial charge is 0.465 e. The summed E-state index contributed by atoms with van der Waals surface area (Å²) < 4.78 is 30.7. The molecule has 1 aromatic carbocycles. The van der Waals surface area contributed by atoms with E-state index in [9.17, 15) is 18.4 Å². The Kier molecular flexibility index (Phi) is 5.85. The molecule has 20 heavy (non-hydrogen) atoms. The predicted molar refractivity (Wildman–Crippen MR) is 65.0 cm³/mol. The Balaban J connectivity index is 2.82. The van der Waals surface area contributed by atoms with Gasteiger partial charge in [0.2, 0.25) is 5.91 Å². The maximum absolute atomic E-state index is 13.0. The van der Waals surface area contributed by atoms with Gasteiger partial charge in [0.05, 0.1) is 0 Å². The fourth-order valence-electron chi connectivity index (χ4n) is 1.59. The summed E-state index contributed by atoms with van der Waals surface area (Å²) in [5, 5.41) is 13.0. The van der Waals surface area contributed by atoms with Gasteiger partial charge in [-0.15, -0.1) is 0 Å². The molecule has 1 aromatic rings. The first-order chi connectivity index (χ1) is 9.42. The minimum Gasteiger partial charge on any atom is -0.465 e. The number of rotatable bonds is 6. The molecule has 0 heterocycles. The maximum atomic E-state index is 13.0. The SMILES string of the molecule is COCNC(=O)C(Cc1cc(F)cc(F)c1)NC(=O)O. The summed E-state index contributed by atoms with van der Waals surface area (Å²) >= 11 is 0. The van der Waals surface area contributed by atoms with E-state index in [1.807, 2.05) is 5.32 Å². The molecule has 110 valence electrons. The predicted octanol–water partition coefficient (Wildman–Crippen LogP) is 0.864. The Bertz CT molecular complexity index is 476. The summed E-state index contributed by atoms with van der Waals surface area (Å²) in [4.78, 5) is 22.3. The van der Waals surface area contributed by atoms with Gasteiger partial charge in [-0.1, -0.05) is 0 Å². The number of carboxylic acid groups (broad SMARTS) is 1. The maximum Gasteiger partial charge on any atom is 0.405 e. The molecule has 0 aromatic heterocycles. The van der Waals surface area contributed by atoms with Gasteiger partial charge in [-0.2, -0.15) is 0 Å². The second-order valence-corrected chi connectivity index (χ2v) is 3.96. The van der Waals surface area contributed by atoms with E-state index in [2.05, 4.69) is 10.1 Å². The highest BCUT2D eigenvalue weighted by atomic mass is 19.1. The fourth-order valence-corrected chi connectivity index (χ4v) is 1.59. The third-order valence-electron chi connectivity index (χ3n) is 2.37. The molecule has 2 amide bonds. The molecule has 0 aliphatic carbocycles. The first kappa shape index (κ1) is 15.8. The van der Waals surface area contributed by atoms with Crippen LogP contribution in [0.3, 0.4) is 0 Å². The zero-order valence-corrected chi connectivity index (χ0v) is 10.7. The third-order valence-corrected chi connectivity index (χ3v) is 2.37. The molecular weight excluding hydrogens is 274 g/mol. The zero-order valence-electron chi connectivity index (χ0n) is 10.7. The Labute approximate surface area is 113 Å². The van der Waals surface area contributed by atoms with Crippen molar-refractivity contribution in [3.05, 3.63) is 35.4 Å². The highest BCUT2D eigenvalue weighted by molar-refractivity contribution is 5.85. The number of benzene rings is 1. The van der Waals surface area contributed by atoms with Crippen LogP contribution in [0, 0.1) is 11.6 Å². The van der Waals surface area contributed by atoms with Crippen molar-refractivity contribution in [1.29, 1.82) is 0 Å². The minimum atomic E-state index is -1.42. The van der Waals surface area contributed by atoms with Gasteiger partial charge < -0.3 is 20.5 Å². The summed E-state index contributed by atoms with van der Waals surface area (Å²) in [6, 6.07) is 1.57. The summed E-state index contributed by atoms with van der Waals surface area (Å²) in [6.07, 6.45) is -1.60. The zero-order chi connectivity index (χ0) is 15.1. The molecule has 0 saturated carbocycles. The van der Waals surface area contributed by atoms with E-state index in [-0.39, 0.29) is 18.7 Å². The van der Waals surface area contributed by atoms with Crippen LogP contribution in [0.2, 0.25) is 0 Å². The van der Waals surface area contributed by atoms with Crippen molar-refractivity contribution in [2.75, 3.05) is 13.8 Å². The molecule has 0 bridgehead atoms. The molecule has 6 nitrogen and oxygen atoms in total. The van der Waals surface area contributed by atoms with Crippen LogP contribution in [0.15, 0.2) is 18.2 Å². The minimum absolute atomic E-state index is 0.103. The highest BCUT2D eigenvalue weighted by Gasteiger charge is 2.21. The van der Waals surface area contributed by atoms with Crippen molar-refractivity contribution >= 4 is 12.0 Å². The summed E-state index contributed by atoms with van der Waals surface area (Å²) in [5.74, 6) is -2.25. The molecule has 3 N–H and O–H groups in total. The molecule has 0 saturated heterocycles. The van der Waals surface area contributed by atoms with Crippen LogP contribution in [-0.4, -0.2) is 37.0 Å². The second-order valence-electron chi connectivity index (χ2n) is 3.96. The van der Waals surface area contributed by atoms with Crippen LogP contribution in [0.4, 0.5) is 13.6 Å². The fraction of sp³-hybridized carbons (Fsp3) is 0.333. The van der Waals surface area contributed by atoms with Crippen molar-refractivity contribution in [1.82, 2.24) is 10.6 Å². The van der Waals surface area contributed by atoms with Crippen molar-refractivity contribution in [2.24, 2.45) is 0 Å². The molecule has 0 radical (unpaired) electrons. The highest BCUT2D eigenvalue weighted by Crippen LogP contribution is 2.10. The van der Waals surface area contributed by atoms with Crippen molar-refractivity contribution in [2.45, 2.75) is 12.5 Å². The van der Waals surface area contributed by atoms with E-state index in [0.717, 1.165) is 12.1 Å². The van der Waals surface area contributed by atoms with Gasteiger partial charge in [-0.3, -0.25) is 4.79 Å². The monoisotopic (exact) mass is 288 g/mol. The first-order valence-corrected chi connectivity index (χ1v) is 5.63. The summed E-state index contributed by atoms with van der Waals surface area (Å²) in [5.41, 5.74) is 0.161. The van der Waals surface area contributed by atoms with Crippen LogP contribution < -0.4 is 10.6 Å². The van der Waals surface area contributed by atoms with Crippen LogP contribution in [0.1, 0.15) is 5.56 Å². The van der Waals surface area contributed by atoms with E-state index < -0.39 is 29.7 Å². The van der Waals surface area contributed by atoms with Crippen molar-refractivity contribution in [3.63, 3.8) is 0 Å². The average Bonchev–Trinajstić information content (AvgIpc) is 2.33. The second kappa shape index (κ2) is 7.39. The van der Waals surface area contributed by atoms with E-state index in [0.29, 0.717) is 6.07 Å². The molecule has 1 atom stereocenters. The molecule has 0 spiro atoms. The molecule has 1 unspecified atom stereocenters. The van der Waals surface area contributed by atoms with Crippen LogP contribution in [0.5, 0.6) is 0 Å². The lowest BCUT2D eigenvalue weighted by Crippen LogP contribution is -2.48. The van der Waals surface area contributed by atoms with Crippen molar-refractivity contribution in [3.8, 4) is 0 Å². The average molecular weight is 288 g/mol. The number of nitrogens with one attached hydrogen (secondary N) is 2. The Morgan fingerprint density at radius 1 is 1.30 bits per heavy atom. The molecule has 0 aliphatic heterocycles. The number of hydrogen-bond donors (Lipinski definition) is 3. The van der Waals surface area contributed by atoms with Gasteiger partial charge in [-0.05, 0) is 17.7 Å². The Hall–Kier alpha value is -2.22. The molecule has 0 aliphatic rings. The van der Waals surface area contributed by atoms with E-state index >= 15 is 0 Å². The smallest absolute Gasteiger partial charge is 0.405 e. The number of methoxy groups -OCH3 is 1. The van der Waals surface area contributed by atoms with Gasteiger partial charge in [0.15, 0.2) is 0 Å². The van der Waals surface area contributed by atoms with E-state index in [1.54, 1.807) is 0 Å². The lowest BCUT2D eigenvalue weighted by atomic mass is 10.1. The quantitative estimate of drug-likeness (QED) is 0.678. The van der Waals surface area contributed by atoms with Gasteiger partial charge >= 0.3 is 6.09 Å². The lowest BCUT2D eigenvalue weighted by molar-refractivity contribution is -0.124. The standard InChI is InChI=1S/C12H14F2N2O4/c1-20-6-15-11(17)10(16-12(18)19)4-7-2-8(13)5-9(14)3-7/h2-3,5,10,16H,4,6H2,1H3,(H,15,17)(H,18,19). The van der Waals surface area contributed by atoms with Crippen LogP contribution in [0.25, 0.3) is 0 Å². The Morgan fingerprint density at radius 3 is 2.40 bits per heavy atom. The number of hydrogen-bond acceptors (Lipinski definition) is 3. The van der Waals surface area contributed by atoms with Crippen molar-refractivity contribution < 1.29 is 28.2 Å².